The number of hydrogen-bond acceptors (Lipinski definition) is 0. The van der Waals surface area contributed by atoms with E-state index in [1.165, 1.54) is 56.1 Å². The molecule has 0 saturated heterocycles. The van der Waals surface area contributed by atoms with Gasteiger partial charge in [-0.05, 0) is 56.3 Å². The lowest BCUT2D eigenvalue weighted by atomic mass is 9.67. The smallest absolute Gasteiger partial charge is 0.105 e. The number of benzene rings is 1. The van der Waals surface area contributed by atoms with Crippen molar-refractivity contribution >= 4 is 0 Å². The summed E-state index contributed by atoms with van der Waals surface area (Å²) in [4.78, 5) is 0. The van der Waals surface area contributed by atoms with Gasteiger partial charge in [0.1, 0.15) is 6.54 Å². The minimum Gasteiger partial charge on any atom is -0.315 e. The molecule has 0 bridgehead atoms. The van der Waals surface area contributed by atoms with Gasteiger partial charge >= 0.3 is 0 Å². The highest BCUT2D eigenvalue weighted by atomic mass is 15.4. The Bertz CT molecular complexity index is 601. The summed E-state index contributed by atoms with van der Waals surface area (Å²) in [6.45, 7) is 20.1. The van der Waals surface area contributed by atoms with Crippen molar-refractivity contribution in [1.82, 2.24) is 0 Å². The molecule has 1 nitrogen and oxygen atoms in total. The van der Waals surface area contributed by atoms with Crippen LogP contribution >= 0.6 is 0 Å². The predicted octanol–water partition coefficient (Wildman–Crippen LogP) is 7.94. The predicted molar refractivity (Wildman–Crippen MR) is 131 cm³/mol. The minimum atomic E-state index is 0.792. The summed E-state index contributed by atoms with van der Waals surface area (Å²) in [6.07, 6.45) is 8.60. The van der Waals surface area contributed by atoms with Crippen LogP contribution < -0.4 is 0 Å². The van der Waals surface area contributed by atoms with Crippen LogP contribution in [0.1, 0.15) is 92.6 Å². The zero-order valence-corrected chi connectivity index (χ0v) is 21.1. The Hall–Kier alpha value is -0.820. The summed E-state index contributed by atoms with van der Waals surface area (Å²) in [5.74, 6) is 5.08. The lowest BCUT2D eigenvalue weighted by Crippen LogP contribution is -2.67. The van der Waals surface area contributed by atoms with Crippen molar-refractivity contribution < 1.29 is 4.48 Å². The summed E-state index contributed by atoms with van der Waals surface area (Å²) in [5.41, 5.74) is 1.56. The topological polar surface area (TPSA) is 0 Å². The first-order valence-corrected chi connectivity index (χ1v) is 13.2. The fourth-order valence-corrected chi connectivity index (χ4v) is 7.47. The molecule has 170 valence electrons. The SMILES string of the molecule is CC[N+](Cc1ccccc1)(C1CC(C)CCC1C(C)C)C1CC(C)CCC1C(C)C. The van der Waals surface area contributed by atoms with Gasteiger partial charge in [-0.3, -0.25) is 0 Å². The van der Waals surface area contributed by atoms with Gasteiger partial charge in [0.25, 0.3) is 0 Å². The van der Waals surface area contributed by atoms with Gasteiger partial charge in [0.15, 0.2) is 0 Å². The summed E-state index contributed by atoms with van der Waals surface area (Å²) in [5, 5.41) is 0. The Morgan fingerprint density at radius 3 is 1.63 bits per heavy atom. The van der Waals surface area contributed by atoms with Gasteiger partial charge in [-0.1, -0.05) is 71.9 Å². The van der Waals surface area contributed by atoms with Gasteiger partial charge in [0.05, 0.1) is 18.6 Å². The molecule has 1 heteroatoms. The maximum absolute atomic E-state index is 2.53. The van der Waals surface area contributed by atoms with Gasteiger partial charge in [0, 0.05) is 30.2 Å². The zero-order valence-electron chi connectivity index (χ0n) is 21.1. The molecule has 6 atom stereocenters. The molecule has 3 rings (SSSR count). The fraction of sp³-hybridized carbons (Fsp3) is 0.793. The lowest BCUT2D eigenvalue weighted by molar-refractivity contribution is -0.994. The highest BCUT2D eigenvalue weighted by Crippen LogP contribution is 2.48. The fourth-order valence-electron chi connectivity index (χ4n) is 7.47. The molecule has 0 spiro atoms. The minimum absolute atomic E-state index is 0.792. The maximum atomic E-state index is 2.53. The quantitative estimate of drug-likeness (QED) is 0.399. The first-order valence-electron chi connectivity index (χ1n) is 13.2. The summed E-state index contributed by atoms with van der Waals surface area (Å²) < 4.78 is 1.35. The number of quaternary nitrogens is 1. The molecule has 0 aliphatic heterocycles. The van der Waals surface area contributed by atoms with Crippen molar-refractivity contribution in [1.29, 1.82) is 0 Å². The highest BCUT2D eigenvalue weighted by Gasteiger charge is 2.52. The van der Waals surface area contributed by atoms with Crippen LogP contribution in [-0.4, -0.2) is 23.1 Å². The third-order valence-electron chi connectivity index (χ3n) is 9.20. The van der Waals surface area contributed by atoms with Crippen LogP contribution in [0, 0.1) is 35.5 Å². The summed E-state index contributed by atoms with van der Waals surface area (Å²) >= 11 is 0. The average molecular weight is 413 g/mol. The van der Waals surface area contributed by atoms with Crippen LogP contribution in [-0.2, 0) is 6.54 Å². The molecule has 2 aliphatic carbocycles. The number of nitrogens with zero attached hydrogens (tertiary/aromatic N) is 1. The molecular weight excluding hydrogens is 362 g/mol. The van der Waals surface area contributed by atoms with Gasteiger partial charge in [-0.2, -0.15) is 0 Å². The summed E-state index contributed by atoms with van der Waals surface area (Å²) in [6, 6.07) is 13.1. The summed E-state index contributed by atoms with van der Waals surface area (Å²) in [7, 11) is 0. The van der Waals surface area contributed by atoms with E-state index in [0.29, 0.717) is 0 Å². The van der Waals surface area contributed by atoms with E-state index in [2.05, 4.69) is 78.8 Å². The molecule has 0 radical (unpaired) electrons. The zero-order chi connectivity index (χ0) is 21.9. The molecule has 0 heterocycles. The Morgan fingerprint density at radius 2 is 1.23 bits per heavy atom. The molecule has 1 aromatic carbocycles. The Balaban J connectivity index is 2.10. The molecule has 2 fully saturated rings. The van der Waals surface area contributed by atoms with E-state index in [1.807, 2.05) is 0 Å². The molecule has 2 saturated carbocycles. The molecule has 0 aromatic heterocycles. The van der Waals surface area contributed by atoms with Crippen molar-refractivity contribution in [3.05, 3.63) is 35.9 Å². The van der Waals surface area contributed by atoms with Crippen LogP contribution in [0.2, 0.25) is 0 Å². The van der Waals surface area contributed by atoms with E-state index in [9.17, 15) is 0 Å². The van der Waals surface area contributed by atoms with E-state index in [0.717, 1.165) is 47.6 Å². The molecular formula is C29H50N+. The average Bonchev–Trinajstić information content (AvgIpc) is 2.72. The molecule has 30 heavy (non-hydrogen) atoms. The first-order chi connectivity index (χ1) is 14.3. The second-order valence-corrected chi connectivity index (χ2v) is 11.8. The number of hydrogen-bond donors (Lipinski definition) is 0. The third-order valence-corrected chi connectivity index (χ3v) is 9.20. The molecule has 1 aromatic rings. The van der Waals surface area contributed by atoms with E-state index in [4.69, 9.17) is 0 Å². The molecule has 6 unspecified atom stereocenters. The lowest BCUT2D eigenvalue weighted by Gasteiger charge is -2.58. The second-order valence-electron chi connectivity index (χ2n) is 11.8. The van der Waals surface area contributed by atoms with E-state index >= 15 is 0 Å². The second kappa shape index (κ2) is 10.2. The largest absolute Gasteiger partial charge is 0.315 e. The van der Waals surface area contributed by atoms with Crippen LogP contribution in [0.15, 0.2) is 30.3 Å². The Labute approximate surface area is 188 Å². The monoisotopic (exact) mass is 412 g/mol. The van der Waals surface area contributed by atoms with Crippen LogP contribution in [0.4, 0.5) is 0 Å². The standard InChI is InChI=1S/C29H50N/c1-8-30(20-25-12-10-9-11-13-25,28-18-23(6)14-16-26(28)21(2)3)29-19-24(7)15-17-27(29)22(4)5/h9-13,21-24,26-29H,8,14-20H2,1-7H3/q+1. The Kier molecular flexibility index (Phi) is 8.10. The number of rotatable bonds is 7. The van der Waals surface area contributed by atoms with Crippen molar-refractivity contribution in [3.8, 4) is 0 Å². The highest BCUT2D eigenvalue weighted by molar-refractivity contribution is 5.14. The van der Waals surface area contributed by atoms with Crippen LogP contribution in [0.3, 0.4) is 0 Å². The van der Waals surface area contributed by atoms with Crippen molar-refractivity contribution in [2.24, 2.45) is 35.5 Å². The van der Waals surface area contributed by atoms with E-state index in [-0.39, 0.29) is 0 Å². The molecule has 0 N–H and O–H groups in total. The third kappa shape index (κ3) is 4.98. The van der Waals surface area contributed by atoms with Gasteiger partial charge in [-0.25, -0.2) is 0 Å². The van der Waals surface area contributed by atoms with E-state index < -0.39 is 0 Å². The van der Waals surface area contributed by atoms with Gasteiger partial charge in [-0.15, -0.1) is 0 Å². The van der Waals surface area contributed by atoms with Gasteiger partial charge in [0.2, 0.25) is 0 Å². The van der Waals surface area contributed by atoms with Crippen LogP contribution in [0.5, 0.6) is 0 Å². The first kappa shape index (κ1) is 23.8. The molecule has 2 aliphatic rings. The van der Waals surface area contributed by atoms with Crippen molar-refractivity contribution in [2.45, 2.75) is 106 Å². The Morgan fingerprint density at radius 1 is 0.767 bits per heavy atom. The van der Waals surface area contributed by atoms with Crippen molar-refractivity contribution in [3.63, 3.8) is 0 Å². The maximum Gasteiger partial charge on any atom is 0.105 e. The van der Waals surface area contributed by atoms with Gasteiger partial charge < -0.3 is 4.48 Å². The van der Waals surface area contributed by atoms with Crippen molar-refractivity contribution in [2.75, 3.05) is 6.54 Å². The molecule has 0 amide bonds. The normalized spacial score (nSPS) is 34.8. The van der Waals surface area contributed by atoms with E-state index in [1.54, 1.807) is 5.56 Å². The van der Waals surface area contributed by atoms with Crippen LogP contribution in [0.25, 0.3) is 0 Å².